The molecule has 0 bridgehead atoms. The summed E-state index contributed by atoms with van der Waals surface area (Å²) in [6, 6.07) is 5.27. The highest BCUT2D eigenvalue weighted by Crippen LogP contribution is 2.16. The molecule has 1 aromatic heterocycles. The van der Waals surface area contributed by atoms with Crippen LogP contribution in [0.25, 0.3) is 11.0 Å². The summed E-state index contributed by atoms with van der Waals surface area (Å²) in [4.78, 5) is 14.0. The molecule has 0 aliphatic carbocycles. The van der Waals surface area contributed by atoms with Crippen molar-refractivity contribution in [1.29, 1.82) is 0 Å². The highest BCUT2D eigenvalue weighted by Gasteiger charge is 2.23. The Morgan fingerprint density at radius 3 is 3.09 bits per heavy atom. The van der Waals surface area contributed by atoms with E-state index in [1.54, 1.807) is 17.0 Å². The molecule has 1 saturated heterocycles. The van der Waals surface area contributed by atoms with E-state index in [4.69, 9.17) is 10.5 Å². The summed E-state index contributed by atoms with van der Waals surface area (Å²) in [7, 11) is 0. The molecule has 1 unspecified atom stereocenters. The molecule has 9 heteroatoms. The minimum absolute atomic E-state index is 0. The fourth-order valence-electron chi connectivity index (χ4n) is 2.38. The summed E-state index contributed by atoms with van der Waals surface area (Å²) in [5.74, 6) is 0. The minimum Gasteiger partial charge on any atom is -0.374 e. The number of hydrogen-bond donors (Lipinski definition) is 3. The van der Waals surface area contributed by atoms with Crippen molar-refractivity contribution in [2.45, 2.75) is 12.5 Å². The number of anilines is 1. The fraction of sp³-hybridized carbons (Fsp3) is 0.462. The van der Waals surface area contributed by atoms with Gasteiger partial charge in [-0.25, -0.2) is 4.79 Å². The molecule has 1 aliphatic rings. The van der Waals surface area contributed by atoms with Crippen molar-refractivity contribution in [3.63, 3.8) is 0 Å². The Balaban J connectivity index is 0.00000176. The lowest BCUT2D eigenvalue weighted by Crippen LogP contribution is -2.47. The van der Waals surface area contributed by atoms with Gasteiger partial charge in [-0.05, 0) is 31.2 Å². The highest BCUT2D eigenvalue weighted by molar-refractivity contribution is 5.91. The number of nitrogens with one attached hydrogen (secondary N) is 2. The third kappa shape index (κ3) is 3.65. The second kappa shape index (κ2) is 7.39. The van der Waals surface area contributed by atoms with Crippen LogP contribution in [0.2, 0.25) is 0 Å². The predicted octanol–water partition coefficient (Wildman–Crippen LogP) is 0.961. The number of amides is 2. The molecular weight excluding hydrogens is 308 g/mol. The smallest absolute Gasteiger partial charge is 0.322 e. The van der Waals surface area contributed by atoms with Gasteiger partial charge in [-0.1, -0.05) is 0 Å². The number of nitrogens with two attached hydrogens (primary N) is 1. The monoisotopic (exact) mass is 326 g/mol. The number of ether oxygens (including phenoxy) is 1. The van der Waals surface area contributed by atoms with E-state index in [1.807, 2.05) is 6.07 Å². The fourth-order valence-corrected chi connectivity index (χ4v) is 2.38. The zero-order chi connectivity index (χ0) is 14.7. The van der Waals surface area contributed by atoms with Crippen LogP contribution in [0.5, 0.6) is 0 Å². The molecule has 2 heterocycles. The molecule has 2 aromatic rings. The maximum atomic E-state index is 12.3. The Hall–Kier alpha value is -1.90. The van der Waals surface area contributed by atoms with Gasteiger partial charge in [0.05, 0.1) is 12.7 Å². The topological polar surface area (TPSA) is 109 Å². The summed E-state index contributed by atoms with van der Waals surface area (Å²) in [6.07, 6.45) is 0.779. The molecule has 0 spiro atoms. The van der Waals surface area contributed by atoms with Gasteiger partial charge >= 0.3 is 6.03 Å². The van der Waals surface area contributed by atoms with E-state index in [2.05, 4.69) is 20.7 Å². The van der Waals surface area contributed by atoms with Crippen LogP contribution >= 0.6 is 12.4 Å². The average molecular weight is 327 g/mol. The van der Waals surface area contributed by atoms with Gasteiger partial charge in [-0.3, -0.25) is 0 Å². The number of halogens is 1. The predicted molar refractivity (Wildman–Crippen MR) is 85.1 cm³/mol. The van der Waals surface area contributed by atoms with E-state index >= 15 is 0 Å². The lowest BCUT2D eigenvalue weighted by molar-refractivity contribution is -0.0146. The van der Waals surface area contributed by atoms with Crippen molar-refractivity contribution in [2.75, 3.05) is 31.6 Å². The van der Waals surface area contributed by atoms with Crippen LogP contribution in [-0.2, 0) is 4.74 Å². The first-order valence-corrected chi connectivity index (χ1v) is 6.94. The molecule has 1 aromatic carbocycles. The Kier molecular flexibility index (Phi) is 5.53. The zero-order valence-corrected chi connectivity index (χ0v) is 12.8. The number of urea groups is 1. The van der Waals surface area contributed by atoms with Crippen LogP contribution < -0.4 is 11.1 Å². The molecule has 120 valence electrons. The van der Waals surface area contributed by atoms with Gasteiger partial charge < -0.3 is 20.7 Å². The Morgan fingerprint density at radius 1 is 1.45 bits per heavy atom. The van der Waals surface area contributed by atoms with Crippen LogP contribution in [0, 0.1) is 0 Å². The lowest BCUT2D eigenvalue weighted by atomic mass is 10.2. The molecular formula is C13H19ClN6O2. The molecule has 8 nitrogen and oxygen atoms in total. The van der Waals surface area contributed by atoms with E-state index in [-0.39, 0.29) is 24.5 Å². The number of fused-ring (bicyclic) bond motifs is 1. The van der Waals surface area contributed by atoms with Crippen LogP contribution in [-0.4, -0.2) is 58.7 Å². The third-order valence-corrected chi connectivity index (χ3v) is 3.48. The third-order valence-electron chi connectivity index (χ3n) is 3.48. The van der Waals surface area contributed by atoms with Crippen molar-refractivity contribution >= 4 is 35.2 Å². The second-order valence-corrected chi connectivity index (χ2v) is 4.97. The summed E-state index contributed by atoms with van der Waals surface area (Å²) < 4.78 is 5.57. The quantitative estimate of drug-likeness (QED) is 0.778. The van der Waals surface area contributed by atoms with Crippen LogP contribution in [0.4, 0.5) is 10.5 Å². The number of aromatic nitrogens is 3. The molecule has 0 saturated carbocycles. The molecule has 0 radical (unpaired) electrons. The largest absolute Gasteiger partial charge is 0.374 e. The zero-order valence-electron chi connectivity index (χ0n) is 12.0. The van der Waals surface area contributed by atoms with Gasteiger partial charge in [0.25, 0.3) is 0 Å². The van der Waals surface area contributed by atoms with E-state index in [0.717, 1.165) is 17.5 Å². The minimum atomic E-state index is -0.136. The number of rotatable bonds is 3. The Bertz CT molecular complexity index is 632. The SMILES string of the molecule is Cl.NCCC1CN(C(=O)Nc2ccc3n[nH]nc3c2)CCO1. The van der Waals surface area contributed by atoms with Gasteiger partial charge in [0.15, 0.2) is 0 Å². The summed E-state index contributed by atoms with van der Waals surface area (Å²) >= 11 is 0. The van der Waals surface area contributed by atoms with Crippen molar-refractivity contribution < 1.29 is 9.53 Å². The van der Waals surface area contributed by atoms with E-state index in [1.165, 1.54) is 0 Å². The highest BCUT2D eigenvalue weighted by atomic mass is 35.5. The van der Waals surface area contributed by atoms with Crippen molar-refractivity contribution in [3.05, 3.63) is 18.2 Å². The molecule has 1 fully saturated rings. The maximum Gasteiger partial charge on any atom is 0.322 e. The van der Waals surface area contributed by atoms with Crippen LogP contribution in [0.3, 0.4) is 0 Å². The van der Waals surface area contributed by atoms with Crippen molar-refractivity contribution in [2.24, 2.45) is 5.73 Å². The standard InChI is InChI=1S/C13H18N6O2.ClH/c14-4-3-10-8-19(5-6-21-10)13(20)15-9-1-2-11-12(7-9)17-18-16-11;/h1-2,7,10H,3-6,8,14H2,(H,15,20)(H,16,17,18);1H. The summed E-state index contributed by atoms with van der Waals surface area (Å²) in [5, 5.41) is 13.4. The number of benzene rings is 1. The number of carbonyl (C=O) groups is 1. The molecule has 22 heavy (non-hydrogen) atoms. The molecule has 3 rings (SSSR count). The molecule has 1 aliphatic heterocycles. The first-order chi connectivity index (χ1) is 10.3. The van der Waals surface area contributed by atoms with Crippen LogP contribution in [0.1, 0.15) is 6.42 Å². The molecule has 1 atom stereocenters. The molecule has 4 N–H and O–H groups in total. The number of nitrogens with zero attached hydrogens (tertiary/aromatic N) is 3. The number of morpholine rings is 1. The van der Waals surface area contributed by atoms with Crippen molar-refractivity contribution in [1.82, 2.24) is 20.3 Å². The van der Waals surface area contributed by atoms with E-state index in [0.29, 0.717) is 31.9 Å². The first-order valence-electron chi connectivity index (χ1n) is 6.94. The van der Waals surface area contributed by atoms with E-state index in [9.17, 15) is 4.79 Å². The van der Waals surface area contributed by atoms with Gasteiger partial charge in [0.1, 0.15) is 11.0 Å². The summed E-state index contributed by atoms with van der Waals surface area (Å²) in [6.45, 7) is 2.25. The van der Waals surface area contributed by atoms with Gasteiger partial charge in [0, 0.05) is 18.8 Å². The van der Waals surface area contributed by atoms with E-state index < -0.39 is 0 Å². The number of carbonyl (C=O) groups excluding carboxylic acids is 1. The van der Waals surface area contributed by atoms with Gasteiger partial charge in [-0.15, -0.1) is 12.4 Å². The second-order valence-electron chi connectivity index (χ2n) is 4.97. The number of H-pyrrole nitrogens is 1. The Labute approximate surface area is 133 Å². The Morgan fingerprint density at radius 2 is 2.27 bits per heavy atom. The molecule has 2 amide bonds. The maximum absolute atomic E-state index is 12.3. The lowest BCUT2D eigenvalue weighted by Gasteiger charge is -2.32. The summed E-state index contributed by atoms with van der Waals surface area (Å²) in [5.41, 5.74) is 7.71. The first kappa shape index (κ1) is 16.5. The normalized spacial score (nSPS) is 18.0. The average Bonchev–Trinajstić information content (AvgIpc) is 2.95. The van der Waals surface area contributed by atoms with Gasteiger partial charge in [-0.2, -0.15) is 15.4 Å². The number of aromatic amines is 1. The van der Waals surface area contributed by atoms with Crippen molar-refractivity contribution in [3.8, 4) is 0 Å². The number of hydrogen-bond acceptors (Lipinski definition) is 5. The van der Waals surface area contributed by atoms with Crippen LogP contribution in [0.15, 0.2) is 18.2 Å². The van der Waals surface area contributed by atoms with Gasteiger partial charge in [0.2, 0.25) is 0 Å².